The molecule has 0 saturated heterocycles. The lowest BCUT2D eigenvalue weighted by Crippen LogP contribution is -2.41. The molecular formula is C15H13N3O5S4. The van der Waals surface area contributed by atoms with Crippen molar-refractivity contribution in [3.05, 3.63) is 64.9 Å². The van der Waals surface area contributed by atoms with E-state index in [1.54, 1.807) is 29.0 Å². The highest BCUT2D eigenvalue weighted by molar-refractivity contribution is 7.94. The lowest BCUT2D eigenvalue weighted by Gasteiger charge is -2.12. The fourth-order valence-electron chi connectivity index (χ4n) is 2.03. The molecule has 0 saturated carbocycles. The van der Waals surface area contributed by atoms with Crippen molar-refractivity contribution in [1.29, 1.82) is 0 Å². The van der Waals surface area contributed by atoms with E-state index in [1.165, 1.54) is 30.3 Å². The van der Waals surface area contributed by atoms with E-state index in [1.807, 2.05) is 4.83 Å². The van der Waals surface area contributed by atoms with E-state index in [2.05, 4.69) is 10.1 Å². The second-order valence-electron chi connectivity index (χ2n) is 5.07. The van der Waals surface area contributed by atoms with Gasteiger partial charge in [0.2, 0.25) is 0 Å². The SMILES string of the molecule is O=C(NNS(=O)(=O)c1cccs1)c1ccccc1NS(=O)(=O)c1cccs1. The molecule has 12 heteroatoms. The Labute approximate surface area is 163 Å². The van der Waals surface area contributed by atoms with Crippen LogP contribution in [-0.2, 0) is 20.0 Å². The van der Waals surface area contributed by atoms with Gasteiger partial charge in [-0.15, -0.1) is 27.5 Å². The molecule has 3 N–H and O–H groups in total. The molecule has 8 nitrogen and oxygen atoms in total. The number of benzene rings is 1. The van der Waals surface area contributed by atoms with Crippen LogP contribution in [0.25, 0.3) is 0 Å². The summed E-state index contributed by atoms with van der Waals surface area (Å²) in [4.78, 5) is 14.4. The molecule has 0 radical (unpaired) electrons. The zero-order valence-electron chi connectivity index (χ0n) is 13.4. The molecule has 3 aromatic rings. The van der Waals surface area contributed by atoms with Crippen LogP contribution in [-0.4, -0.2) is 22.7 Å². The number of sulfonamides is 2. The van der Waals surface area contributed by atoms with Crippen LogP contribution in [0.15, 0.2) is 67.7 Å². The Balaban J connectivity index is 1.78. The Bertz CT molecular complexity index is 1140. The van der Waals surface area contributed by atoms with Gasteiger partial charge in [0.25, 0.3) is 26.0 Å². The third-order valence-corrected chi connectivity index (χ3v) is 8.64. The number of amides is 1. The summed E-state index contributed by atoms with van der Waals surface area (Å²) < 4.78 is 51.4. The molecule has 1 aromatic carbocycles. The Morgan fingerprint density at radius 3 is 1.96 bits per heavy atom. The first-order valence-corrected chi connectivity index (χ1v) is 12.0. The standard InChI is InChI=1S/C15H13N3O5S4/c19-15(16-18-27(22,23)14-8-4-10-25-14)11-5-1-2-6-12(11)17-26(20,21)13-7-3-9-24-13/h1-10,17-18H,(H,16,19). The van der Waals surface area contributed by atoms with E-state index < -0.39 is 26.0 Å². The normalized spacial score (nSPS) is 11.9. The first kappa shape index (κ1) is 19.5. The van der Waals surface area contributed by atoms with Crippen LogP contribution >= 0.6 is 22.7 Å². The maximum absolute atomic E-state index is 12.4. The van der Waals surface area contributed by atoms with Gasteiger partial charge in [0.1, 0.15) is 8.42 Å². The lowest BCUT2D eigenvalue weighted by molar-refractivity contribution is 0.0946. The molecule has 0 bridgehead atoms. The first-order chi connectivity index (χ1) is 12.8. The van der Waals surface area contributed by atoms with Gasteiger partial charge in [0, 0.05) is 0 Å². The second-order valence-corrected chi connectivity index (χ2v) is 10.8. The third-order valence-electron chi connectivity index (χ3n) is 3.23. The van der Waals surface area contributed by atoms with Crippen LogP contribution < -0.4 is 15.0 Å². The summed E-state index contributed by atoms with van der Waals surface area (Å²) in [6.45, 7) is 0. The summed E-state index contributed by atoms with van der Waals surface area (Å²) in [7, 11) is -7.76. The van der Waals surface area contributed by atoms with Gasteiger partial charge in [-0.3, -0.25) is 14.9 Å². The van der Waals surface area contributed by atoms with Crippen LogP contribution in [0.1, 0.15) is 10.4 Å². The largest absolute Gasteiger partial charge is 0.278 e. The summed E-state index contributed by atoms with van der Waals surface area (Å²) in [6, 6.07) is 11.9. The highest BCUT2D eigenvalue weighted by Crippen LogP contribution is 2.23. The number of anilines is 1. The first-order valence-electron chi connectivity index (χ1n) is 7.30. The molecule has 0 aliphatic heterocycles. The molecule has 142 valence electrons. The summed E-state index contributed by atoms with van der Waals surface area (Å²) in [5.74, 6) is -0.806. The molecule has 1 amide bonds. The average Bonchev–Trinajstić information content (AvgIpc) is 3.33. The number of carbonyl (C=O) groups excluding carboxylic acids is 1. The number of hydrogen-bond acceptors (Lipinski definition) is 7. The van der Waals surface area contributed by atoms with Crippen molar-refractivity contribution in [2.75, 3.05) is 4.72 Å². The van der Waals surface area contributed by atoms with Crippen molar-refractivity contribution in [3.8, 4) is 0 Å². The zero-order chi connectivity index (χ0) is 19.5. The Morgan fingerprint density at radius 1 is 0.778 bits per heavy atom. The fourth-order valence-corrected chi connectivity index (χ4v) is 5.93. The minimum absolute atomic E-state index is 0.0266. The molecule has 0 atom stereocenters. The molecule has 0 aliphatic carbocycles. The van der Waals surface area contributed by atoms with E-state index in [-0.39, 0.29) is 19.7 Å². The van der Waals surface area contributed by atoms with E-state index in [0.717, 1.165) is 22.7 Å². The smallest absolute Gasteiger partial charge is 0.271 e. The number of thiophene rings is 2. The fraction of sp³-hybridized carbons (Fsp3) is 0. The van der Waals surface area contributed by atoms with Gasteiger partial charge >= 0.3 is 0 Å². The van der Waals surface area contributed by atoms with Crippen molar-refractivity contribution in [2.45, 2.75) is 8.42 Å². The van der Waals surface area contributed by atoms with Crippen LogP contribution in [0, 0.1) is 0 Å². The number of hydrazine groups is 1. The number of para-hydroxylation sites is 1. The topological polar surface area (TPSA) is 121 Å². The Morgan fingerprint density at radius 2 is 1.37 bits per heavy atom. The molecule has 2 heterocycles. The van der Waals surface area contributed by atoms with Crippen molar-refractivity contribution in [2.24, 2.45) is 0 Å². The predicted molar refractivity (Wildman–Crippen MR) is 104 cm³/mol. The summed E-state index contributed by atoms with van der Waals surface area (Å²) >= 11 is 2.03. The van der Waals surface area contributed by atoms with Crippen molar-refractivity contribution in [3.63, 3.8) is 0 Å². The van der Waals surface area contributed by atoms with Crippen molar-refractivity contribution < 1.29 is 21.6 Å². The maximum Gasteiger partial charge on any atom is 0.271 e. The highest BCUT2D eigenvalue weighted by atomic mass is 32.3. The lowest BCUT2D eigenvalue weighted by atomic mass is 10.2. The van der Waals surface area contributed by atoms with Crippen LogP contribution in [0.3, 0.4) is 0 Å². The molecular weight excluding hydrogens is 430 g/mol. The predicted octanol–water partition coefficient (Wildman–Crippen LogP) is 2.23. The zero-order valence-corrected chi connectivity index (χ0v) is 16.7. The number of hydrogen-bond donors (Lipinski definition) is 3. The average molecular weight is 444 g/mol. The van der Waals surface area contributed by atoms with Crippen LogP contribution in [0.4, 0.5) is 5.69 Å². The maximum atomic E-state index is 12.4. The molecule has 0 fully saturated rings. The van der Waals surface area contributed by atoms with Crippen LogP contribution in [0.2, 0.25) is 0 Å². The minimum atomic E-state index is -3.90. The van der Waals surface area contributed by atoms with Crippen molar-refractivity contribution in [1.82, 2.24) is 10.3 Å². The quantitative estimate of drug-likeness (QED) is 0.484. The van der Waals surface area contributed by atoms with E-state index in [9.17, 15) is 21.6 Å². The van der Waals surface area contributed by atoms with E-state index in [0.29, 0.717) is 0 Å². The van der Waals surface area contributed by atoms with Crippen molar-refractivity contribution >= 4 is 54.3 Å². The Kier molecular flexibility index (Phi) is 5.62. The highest BCUT2D eigenvalue weighted by Gasteiger charge is 2.21. The third kappa shape index (κ3) is 4.54. The molecule has 0 unspecified atom stereocenters. The molecule has 0 spiro atoms. The van der Waals surface area contributed by atoms with Gasteiger partial charge in [0.05, 0.1) is 11.3 Å². The van der Waals surface area contributed by atoms with Crippen LogP contribution in [0.5, 0.6) is 0 Å². The van der Waals surface area contributed by atoms with E-state index in [4.69, 9.17) is 0 Å². The van der Waals surface area contributed by atoms with Gasteiger partial charge in [-0.1, -0.05) is 24.3 Å². The second kappa shape index (κ2) is 7.78. The van der Waals surface area contributed by atoms with Gasteiger partial charge in [-0.05, 0) is 35.0 Å². The monoisotopic (exact) mass is 443 g/mol. The summed E-state index contributed by atoms with van der Waals surface area (Å²) in [5, 5.41) is 3.21. The number of nitrogens with one attached hydrogen (secondary N) is 3. The summed E-state index contributed by atoms with van der Waals surface area (Å²) in [6.07, 6.45) is 0. The van der Waals surface area contributed by atoms with E-state index >= 15 is 0 Å². The Hall–Kier alpha value is -2.25. The molecule has 27 heavy (non-hydrogen) atoms. The molecule has 3 rings (SSSR count). The minimum Gasteiger partial charge on any atom is -0.278 e. The molecule has 2 aromatic heterocycles. The van der Waals surface area contributed by atoms with Gasteiger partial charge in [0.15, 0.2) is 0 Å². The van der Waals surface area contributed by atoms with Gasteiger partial charge < -0.3 is 0 Å². The number of rotatable bonds is 7. The number of carbonyl (C=O) groups is 1. The van der Waals surface area contributed by atoms with Gasteiger partial charge in [-0.2, -0.15) is 0 Å². The summed E-state index contributed by atoms with van der Waals surface area (Å²) in [5.41, 5.74) is 2.08. The molecule has 0 aliphatic rings. The van der Waals surface area contributed by atoms with Gasteiger partial charge in [-0.25, -0.2) is 16.8 Å².